The zero-order valence-electron chi connectivity index (χ0n) is 5.25. The van der Waals surface area contributed by atoms with Gasteiger partial charge in [-0.1, -0.05) is 0 Å². The van der Waals surface area contributed by atoms with E-state index in [0.29, 0.717) is 11.6 Å². The molecule has 3 nitrogen and oxygen atoms in total. The molecule has 0 aliphatic heterocycles. The summed E-state index contributed by atoms with van der Waals surface area (Å²) in [6, 6.07) is 3.10. The molecule has 1 rings (SSSR count). The molecule has 4 heteroatoms. The molecular formula is C6H7FN2O. The van der Waals surface area contributed by atoms with Gasteiger partial charge in [-0.15, -0.1) is 0 Å². The van der Waals surface area contributed by atoms with Crippen molar-refractivity contribution in [3.05, 3.63) is 18.3 Å². The van der Waals surface area contributed by atoms with E-state index in [9.17, 15) is 4.39 Å². The van der Waals surface area contributed by atoms with Crippen molar-refractivity contribution in [2.75, 3.05) is 12.6 Å². The van der Waals surface area contributed by atoms with Gasteiger partial charge in [-0.05, 0) is 12.1 Å². The van der Waals surface area contributed by atoms with E-state index in [4.69, 9.17) is 5.73 Å². The highest BCUT2D eigenvalue weighted by Gasteiger charge is 1.90. The standard InChI is InChI=1S/C6H7FN2O/c7-4-10-5-1-2-6(8)9-3-5/h1-3H,4H2,(H2,8,9). The number of ether oxygens (including phenoxy) is 1. The number of hydrogen-bond acceptors (Lipinski definition) is 3. The van der Waals surface area contributed by atoms with Gasteiger partial charge in [-0.2, -0.15) is 0 Å². The molecule has 0 aromatic carbocycles. The fourth-order valence-corrected chi connectivity index (χ4v) is 0.540. The number of alkyl halides is 1. The first-order valence-corrected chi connectivity index (χ1v) is 2.73. The largest absolute Gasteiger partial charge is 0.461 e. The number of nitrogen functional groups attached to an aromatic ring is 1. The molecule has 54 valence electrons. The highest BCUT2D eigenvalue weighted by Crippen LogP contribution is 2.09. The summed E-state index contributed by atoms with van der Waals surface area (Å²) in [5.41, 5.74) is 5.26. The van der Waals surface area contributed by atoms with Crippen LogP contribution in [-0.2, 0) is 0 Å². The number of aromatic nitrogens is 1. The van der Waals surface area contributed by atoms with E-state index in [0.717, 1.165) is 0 Å². The Bertz CT molecular complexity index is 199. The minimum atomic E-state index is -0.842. The molecule has 2 N–H and O–H groups in total. The maximum atomic E-state index is 11.5. The van der Waals surface area contributed by atoms with E-state index in [1.54, 1.807) is 12.1 Å². The first kappa shape index (κ1) is 6.80. The highest BCUT2D eigenvalue weighted by atomic mass is 19.1. The van der Waals surface area contributed by atoms with Gasteiger partial charge in [0.25, 0.3) is 0 Å². The van der Waals surface area contributed by atoms with Crippen molar-refractivity contribution < 1.29 is 9.13 Å². The summed E-state index contributed by atoms with van der Waals surface area (Å²) in [7, 11) is 0. The molecule has 0 saturated heterocycles. The molecule has 0 aliphatic carbocycles. The summed E-state index contributed by atoms with van der Waals surface area (Å²) in [4.78, 5) is 3.68. The fraction of sp³-hybridized carbons (Fsp3) is 0.167. The van der Waals surface area contributed by atoms with E-state index in [-0.39, 0.29) is 0 Å². The molecule has 0 amide bonds. The third-order valence-electron chi connectivity index (χ3n) is 0.980. The van der Waals surface area contributed by atoms with Crippen LogP contribution in [0.2, 0.25) is 0 Å². The summed E-state index contributed by atoms with van der Waals surface area (Å²) in [6.45, 7) is -0.842. The molecule has 0 unspecified atom stereocenters. The summed E-state index contributed by atoms with van der Waals surface area (Å²) in [5.74, 6) is 0.780. The van der Waals surface area contributed by atoms with Gasteiger partial charge in [0.05, 0.1) is 6.20 Å². The van der Waals surface area contributed by atoms with E-state index >= 15 is 0 Å². The van der Waals surface area contributed by atoms with Gasteiger partial charge >= 0.3 is 0 Å². The van der Waals surface area contributed by atoms with Gasteiger partial charge in [0.15, 0.2) is 0 Å². The maximum Gasteiger partial charge on any atom is 0.228 e. The smallest absolute Gasteiger partial charge is 0.228 e. The van der Waals surface area contributed by atoms with Crippen molar-refractivity contribution in [1.29, 1.82) is 0 Å². The minimum absolute atomic E-state index is 0.386. The quantitative estimate of drug-likeness (QED) is 0.669. The molecule has 0 bridgehead atoms. The molecule has 0 spiro atoms. The van der Waals surface area contributed by atoms with Crippen molar-refractivity contribution in [2.24, 2.45) is 0 Å². The van der Waals surface area contributed by atoms with Crippen LogP contribution in [0, 0.1) is 0 Å². The van der Waals surface area contributed by atoms with Crippen LogP contribution in [0.5, 0.6) is 5.75 Å². The van der Waals surface area contributed by atoms with Crippen LogP contribution in [-0.4, -0.2) is 11.8 Å². The Hall–Kier alpha value is -1.32. The number of nitrogens with zero attached hydrogens (tertiary/aromatic N) is 1. The van der Waals surface area contributed by atoms with Gasteiger partial charge in [-0.3, -0.25) is 0 Å². The molecule has 1 aromatic rings. The Morgan fingerprint density at radius 1 is 1.60 bits per heavy atom. The summed E-state index contributed by atoms with van der Waals surface area (Å²) >= 11 is 0. The first-order valence-electron chi connectivity index (χ1n) is 2.73. The number of hydrogen-bond donors (Lipinski definition) is 1. The second kappa shape index (κ2) is 3.00. The predicted octanol–water partition coefficient (Wildman–Crippen LogP) is 0.970. The van der Waals surface area contributed by atoms with Crippen LogP contribution >= 0.6 is 0 Å². The van der Waals surface area contributed by atoms with Crippen LogP contribution in [0.15, 0.2) is 18.3 Å². The van der Waals surface area contributed by atoms with Gasteiger partial charge < -0.3 is 10.5 Å². The van der Waals surface area contributed by atoms with E-state index in [1.807, 2.05) is 0 Å². The predicted molar refractivity (Wildman–Crippen MR) is 35.3 cm³/mol. The lowest BCUT2D eigenvalue weighted by molar-refractivity contribution is 0.191. The van der Waals surface area contributed by atoms with Crippen molar-refractivity contribution in [3.63, 3.8) is 0 Å². The van der Waals surface area contributed by atoms with Crippen LogP contribution < -0.4 is 10.5 Å². The molecule has 0 atom stereocenters. The van der Waals surface area contributed by atoms with E-state index in [1.165, 1.54) is 6.20 Å². The SMILES string of the molecule is Nc1ccc(OCF)cn1. The number of anilines is 1. The number of halogens is 1. The Kier molecular flexibility index (Phi) is 2.04. The minimum Gasteiger partial charge on any atom is -0.461 e. The van der Waals surface area contributed by atoms with E-state index in [2.05, 4.69) is 9.72 Å². The number of nitrogens with two attached hydrogens (primary N) is 1. The van der Waals surface area contributed by atoms with Crippen LogP contribution in [0.25, 0.3) is 0 Å². The second-order valence-corrected chi connectivity index (χ2v) is 1.67. The normalized spacial score (nSPS) is 9.30. The van der Waals surface area contributed by atoms with Gasteiger partial charge in [0, 0.05) is 0 Å². The van der Waals surface area contributed by atoms with Gasteiger partial charge in [-0.25, -0.2) is 9.37 Å². The van der Waals surface area contributed by atoms with Crippen LogP contribution in [0.4, 0.5) is 10.2 Å². The molecule has 0 aliphatic rings. The Morgan fingerprint density at radius 2 is 2.40 bits per heavy atom. The monoisotopic (exact) mass is 142 g/mol. The second-order valence-electron chi connectivity index (χ2n) is 1.67. The number of rotatable bonds is 2. The Balaban J connectivity index is 2.69. The third-order valence-corrected chi connectivity index (χ3v) is 0.980. The average Bonchev–Trinajstić information content (AvgIpc) is 1.95. The number of pyridine rings is 1. The molecule has 0 fully saturated rings. The molecule has 1 heterocycles. The maximum absolute atomic E-state index is 11.5. The zero-order valence-corrected chi connectivity index (χ0v) is 5.25. The Labute approximate surface area is 57.6 Å². The fourth-order valence-electron chi connectivity index (χ4n) is 0.540. The van der Waals surface area contributed by atoms with Gasteiger partial charge in [0.1, 0.15) is 11.6 Å². The van der Waals surface area contributed by atoms with Crippen LogP contribution in [0.1, 0.15) is 0 Å². The van der Waals surface area contributed by atoms with E-state index < -0.39 is 6.86 Å². The molecule has 0 saturated carbocycles. The topological polar surface area (TPSA) is 48.1 Å². The van der Waals surface area contributed by atoms with Gasteiger partial charge in [0.2, 0.25) is 6.86 Å². The van der Waals surface area contributed by atoms with Crippen molar-refractivity contribution in [1.82, 2.24) is 4.98 Å². The lowest BCUT2D eigenvalue weighted by Crippen LogP contribution is -1.92. The molecule has 1 aromatic heterocycles. The third kappa shape index (κ3) is 1.58. The molecular weight excluding hydrogens is 135 g/mol. The molecule has 0 radical (unpaired) electrons. The summed E-state index contributed by atoms with van der Waals surface area (Å²) < 4.78 is 16.0. The lowest BCUT2D eigenvalue weighted by atomic mass is 10.4. The average molecular weight is 142 g/mol. The zero-order chi connectivity index (χ0) is 7.40. The van der Waals surface area contributed by atoms with Crippen molar-refractivity contribution in [2.45, 2.75) is 0 Å². The highest BCUT2D eigenvalue weighted by molar-refractivity contribution is 5.31. The van der Waals surface area contributed by atoms with Crippen molar-refractivity contribution >= 4 is 5.82 Å². The first-order chi connectivity index (χ1) is 4.83. The summed E-state index contributed by atoms with van der Waals surface area (Å²) in [5, 5.41) is 0. The Morgan fingerprint density at radius 3 is 2.90 bits per heavy atom. The van der Waals surface area contributed by atoms with Crippen LogP contribution in [0.3, 0.4) is 0 Å². The lowest BCUT2D eigenvalue weighted by Gasteiger charge is -1.98. The molecule has 10 heavy (non-hydrogen) atoms. The van der Waals surface area contributed by atoms with Crippen molar-refractivity contribution in [3.8, 4) is 5.75 Å². The summed E-state index contributed by atoms with van der Waals surface area (Å²) in [6.07, 6.45) is 1.37.